The van der Waals surface area contributed by atoms with Gasteiger partial charge < -0.3 is 10.1 Å². The summed E-state index contributed by atoms with van der Waals surface area (Å²) in [5, 5.41) is 3.70. The van der Waals surface area contributed by atoms with Crippen LogP contribution >= 0.6 is 0 Å². The Morgan fingerprint density at radius 3 is 2.15 bits per heavy atom. The molecule has 0 bridgehead atoms. The molecular formula is C18H23NO. The molecule has 2 unspecified atom stereocenters. The van der Waals surface area contributed by atoms with Crippen LogP contribution in [0.15, 0.2) is 54.6 Å². The van der Waals surface area contributed by atoms with Crippen LogP contribution in [0.1, 0.15) is 43.5 Å². The first kappa shape index (κ1) is 14.6. The number of hydrogen-bond donors (Lipinski definition) is 1. The van der Waals surface area contributed by atoms with Gasteiger partial charge in [-0.2, -0.15) is 0 Å². The SMILES string of the molecule is CCC(NC(C)c1ccccc1)c1ccc(OC)cc1. The van der Waals surface area contributed by atoms with Crippen LogP contribution in [0.4, 0.5) is 0 Å². The highest BCUT2D eigenvalue weighted by Gasteiger charge is 2.13. The van der Waals surface area contributed by atoms with Crippen molar-refractivity contribution in [3.63, 3.8) is 0 Å². The van der Waals surface area contributed by atoms with E-state index in [1.807, 2.05) is 12.1 Å². The van der Waals surface area contributed by atoms with Gasteiger partial charge in [0, 0.05) is 12.1 Å². The largest absolute Gasteiger partial charge is 0.497 e. The van der Waals surface area contributed by atoms with Crippen molar-refractivity contribution in [1.82, 2.24) is 5.32 Å². The molecule has 2 heteroatoms. The van der Waals surface area contributed by atoms with Gasteiger partial charge in [0.25, 0.3) is 0 Å². The third kappa shape index (κ3) is 3.61. The summed E-state index contributed by atoms with van der Waals surface area (Å²) < 4.78 is 5.21. The lowest BCUT2D eigenvalue weighted by Gasteiger charge is -2.23. The molecule has 0 aliphatic heterocycles. The number of methoxy groups -OCH3 is 1. The van der Waals surface area contributed by atoms with Crippen LogP contribution < -0.4 is 10.1 Å². The fourth-order valence-electron chi connectivity index (χ4n) is 2.43. The molecule has 2 rings (SSSR count). The highest BCUT2D eigenvalue weighted by molar-refractivity contribution is 5.29. The van der Waals surface area contributed by atoms with E-state index in [9.17, 15) is 0 Å². The molecule has 0 heterocycles. The summed E-state index contributed by atoms with van der Waals surface area (Å²) in [6.45, 7) is 4.42. The average Bonchev–Trinajstić information content (AvgIpc) is 2.53. The molecule has 20 heavy (non-hydrogen) atoms. The van der Waals surface area contributed by atoms with Gasteiger partial charge in [-0.15, -0.1) is 0 Å². The third-order valence-corrected chi connectivity index (χ3v) is 3.68. The van der Waals surface area contributed by atoms with E-state index in [1.165, 1.54) is 11.1 Å². The van der Waals surface area contributed by atoms with Crippen LogP contribution in [-0.4, -0.2) is 7.11 Å². The van der Waals surface area contributed by atoms with Crippen molar-refractivity contribution in [1.29, 1.82) is 0 Å². The summed E-state index contributed by atoms with van der Waals surface area (Å²) in [6, 6.07) is 19.6. The number of ether oxygens (including phenoxy) is 1. The lowest BCUT2D eigenvalue weighted by Crippen LogP contribution is -2.24. The Balaban J connectivity index is 2.08. The molecule has 0 radical (unpaired) electrons. The van der Waals surface area contributed by atoms with Crippen LogP contribution in [0, 0.1) is 0 Å². The van der Waals surface area contributed by atoms with E-state index in [0.29, 0.717) is 12.1 Å². The van der Waals surface area contributed by atoms with Crippen LogP contribution in [0.25, 0.3) is 0 Å². The summed E-state index contributed by atoms with van der Waals surface area (Å²) in [5.74, 6) is 0.903. The van der Waals surface area contributed by atoms with E-state index in [-0.39, 0.29) is 0 Å². The van der Waals surface area contributed by atoms with Crippen LogP contribution in [0.5, 0.6) is 5.75 Å². The molecule has 0 saturated carbocycles. The predicted molar refractivity (Wildman–Crippen MR) is 84.0 cm³/mol. The first-order valence-electron chi connectivity index (χ1n) is 7.19. The van der Waals surface area contributed by atoms with Gasteiger partial charge in [-0.1, -0.05) is 49.4 Å². The highest BCUT2D eigenvalue weighted by atomic mass is 16.5. The van der Waals surface area contributed by atoms with Crippen molar-refractivity contribution in [2.75, 3.05) is 7.11 Å². The lowest BCUT2D eigenvalue weighted by molar-refractivity contribution is 0.413. The first-order chi connectivity index (χ1) is 9.74. The summed E-state index contributed by atoms with van der Waals surface area (Å²) in [7, 11) is 1.70. The molecule has 0 aliphatic carbocycles. The monoisotopic (exact) mass is 269 g/mol. The van der Waals surface area contributed by atoms with Gasteiger partial charge in [-0.25, -0.2) is 0 Å². The van der Waals surface area contributed by atoms with E-state index in [2.05, 4.69) is 61.6 Å². The minimum Gasteiger partial charge on any atom is -0.497 e. The Morgan fingerprint density at radius 1 is 0.950 bits per heavy atom. The molecule has 0 amide bonds. The second kappa shape index (κ2) is 7.11. The number of benzene rings is 2. The van der Waals surface area contributed by atoms with Crippen molar-refractivity contribution in [2.45, 2.75) is 32.4 Å². The van der Waals surface area contributed by atoms with Gasteiger partial charge in [-0.05, 0) is 36.6 Å². The van der Waals surface area contributed by atoms with Crippen LogP contribution in [-0.2, 0) is 0 Å². The van der Waals surface area contributed by atoms with Gasteiger partial charge in [-0.3, -0.25) is 0 Å². The Labute approximate surface area is 121 Å². The molecule has 2 aromatic rings. The average molecular weight is 269 g/mol. The quantitative estimate of drug-likeness (QED) is 0.834. The second-order valence-corrected chi connectivity index (χ2v) is 5.03. The maximum Gasteiger partial charge on any atom is 0.118 e. The van der Waals surface area contributed by atoms with Gasteiger partial charge in [0.05, 0.1) is 7.11 Å². The summed E-state index contributed by atoms with van der Waals surface area (Å²) in [5.41, 5.74) is 2.62. The Morgan fingerprint density at radius 2 is 1.60 bits per heavy atom. The number of nitrogens with one attached hydrogen (secondary N) is 1. The fourth-order valence-corrected chi connectivity index (χ4v) is 2.43. The minimum absolute atomic E-state index is 0.336. The van der Waals surface area contributed by atoms with E-state index < -0.39 is 0 Å². The molecule has 1 N–H and O–H groups in total. The van der Waals surface area contributed by atoms with Gasteiger partial charge in [0.15, 0.2) is 0 Å². The van der Waals surface area contributed by atoms with Crippen molar-refractivity contribution in [3.05, 3.63) is 65.7 Å². The van der Waals surface area contributed by atoms with E-state index in [1.54, 1.807) is 7.11 Å². The van der Waals surface area contributed by atoms with E-state index >= 15 is 0 Å². The molecule has 106 valence electrons. The molecule has 0 aliphatic rings. The Kier molecular flexibility index (Phi) is 5.19. The fraction of sp³-hybridized carbons (Fsp3) is 0.333. The maximum absolute atomic E-state index is 5.21. The van der Waals surface area contributed by atoms with Crippen molar-refractivity contribution in [2.24, 2.45) is 0 Å². The molecule has 2 atom stereocenters. The lowest BCUT2D eigenvalue weighted by atomic mass is 10.0. The second-order valence-electron chi connectivity index (χ2n) is 5.03. The smallest absolute Gasteiger partial charge is 0.118 e. The van der Waals surface area contributed by atoms with E-state index in [4.69, 9.17) is 4.74 Å². The van der Waals surface area contributed by atoms with Crippen molar-refractivity contribution >= 4 is 0 Å². The minimum atomic E-state index is 0.336. The van der Waals surface area contributed by atoms with E-state index in [0.717, 1.165) is 12.2 Å². The van der Waals surface area contributed by atoms with Gasteiger partial charge in [0.2, 0.25) is 0 Å². The molecule has 0 spiro atoms. The zero-order chi connectivity index (χ0) is 14.4. The molecule has 2 aromatic carbocycles. The summed E-state index contributed by atoms with van der Waals surface area (Å²) in [4.78, 5) is 0. The van der Waals surface area contributed by atoms with Crippen molar-refractivity contribution in [3.8, 4) is 5.75 Å². The Hall–Kier alpha value is -1.80. The first-order valence-corrected chi connectivity index (χ1v) is 7.19. The molecular weight excluding hydrogens is 246 g/mol. The summed E-state index contributed by atoms with van der Waals surface area (Å²) in [6.07, 6.45) is 1.06. The molecule has 2 nitrogen and oxygen atoms in total. The van der Waals surface area contributed by atoms with Crippen LogP contribution in [0.2, 0.25) is 0 Å². The third-order valence-electron chi connectivity index (χ3n) is 3.68. The molecule has 0 aromatic heterocycles. The number of rotatable bonds is 6. The standard InChI is InChI=1S/C18H23NO/c1-4-18(16-10-12-17(20-3)13-11-16)19-14(2)15-8-6-5-7-9-15/h5-14,18-19H,4H2,1-3H3. The number of hydrogen-bond acceptors (Lipinski definition) is 2. The summed E-state index contributed by atoms with van der Waals surface area (Å²) >= 11 is 0. The normalized spacial score (nSPS) is 13.8. The van der Waals surface area contributed by atoms with Gasteiger partial charge >= 0.3 is 0 Å². The Bertz CT molecular complexity index is 507. The molecule has 0 fully saturated rings. The van der Waals surface area contributed by atoms with Crippen molar-refractivity contribution < 1.29 is 4.74 Å². The maximum atomic E-state index is 5.21. The zero-order valence-corrected chi connectivity index (χ0v) is 12.5. The van der Waals surface area contributed by atoms with Crippen LogP contribution in [0.3, 0.4) is 0 Å². The highest BCUT2D eigenvalue weighted by Crippen LogP contribution is 2.23. The molecule has 0 saturated heterocycles. The van der Waals surface area contributed by atoms with Gasteiger partial charge in [0.1, 0.15) is 5.75 Å². The predicted octanol–water partition coefficient (Wildman–Crippen LogP) is 4.50. The zero-order valence-electron chi connectivity index (χ0n) is 12.5. The topological polar surface area (TPSA) is 21.3 Å².